The second-order valence-corrected chi connectivity index (χ2v) is 3.46. The highest BCUT2D eigenvalue weighted by atomic mass is 79.9. The Balaban J connectivity index is 2.77. The average Bonchev–Trinajstić information content (AvgIpc) is 1.82. The summed E-state index contributed by atoms with van der Waals surface area (Å²) in [6.07, 6.45) is -1.02. The van der Waals surface area contributed by atoms with Crippen molar-refractivity contribution >= 4 is 15.9 Å². The molecule has 0 saturated heterocycles. The molecule has 0 aromatic heterocycles. The maximum Gasteiger partial charge on any atom is 0.0601 e. The van der Waals surface area contributed by atoms with Crippen molar-refractivity contribution in [2.75, 3.05) is 0 Å². The molecule has 11 heavy (non-hydrogen) atoms. The Morgan fingerprint density at radius 3 is 3.00 bits per heavy atom. The van der Waals surface area contributed by atoms with Crippen molar-refractivity contribution in [3.63, 3.8) is 0 Å². The van der Waals surface area contributed by atoms with Gasteiger partial charge in [0.2, 0.25) is 0 Å². The number of rotatable bonds is 2. The molecule has 1 aromatic carbocycles. The molecule has 0 heterocycles. The van der Waals surface area contributed by atoms with Crippen LogP contribution >= 0.6 is 15.9 Å². The highest BCUT2D eigenvalue weighted by Gasteiger charge is 1.98. The lowest BCUT2D eigenvalue weighted by Crippen LogP contribution is -2.03. The van der Waals surface area contributed by atoms with Gasteiger partial charge < -0.3 is 5.11 Å². The number of halogens is 1. The molecule has 60 valence electrons. The smallest absolute Gasteiger partial charge is 0.0601 e. The SMILES string of the molecule is [2H][C@](C)(O)Cc1cccc(Br)c1. The quantitative estimate of drug-likeness (QED) is 0.804. The summed E-state index contributed by atoms with van der Waals surface area (Å²) in [5, 5.41) is 9.21. The van der Waals surface area contributed by atoms with E-state index in [1.54, 1.807) is 0 Å². The van der Waals surface area contributed by atoms with E-state index in [2.05, 4.69) is 15.9 Å². The van der Waals surface area contributed by atoms with Gasteiger partial charge in [0.25, 0.3) is 0 Å². The second kappa shape index (κ2) is 3.88. The first kappa shape index (κ1) is 7.32. The third kappa shape index (κ3) is 3.04. The topological polar surface area (TPSA) is 20.2 Å². The molecule has 0 aliphatic rings. The Morgan fingerprint density at radius 1 is 1.73 bits per heavy atom. The van der Waals surface area contributed by atoms with E-state index in [1.165, 1.54) is 6.92 Å². The van der Waals surface area contributed by atoms with Gasteiger partial charge >= 0.3 is 0 Å². The van der Waals surface area contributed by atoms with E-state index in [-0.39, 0.29) is 0 Å². The van der Waals surface area contributed by atoms with E-state index in [1.807, 2.05) is 24.3 Å². The largest absolute Gasteiger partial charge is 0.393 e. The molecule has 1 N–H and O–H groups in total. The summed E-state index contributed by atoms with van der Waals surface area (Å²) in [7, 11) is 0. The Bertz CT molecular complexity index is 267. The van der Waals surface area contributed by atoms with Crippen LogP contribution in [-0.2, 0) is 6.42 Å². The summed E-state index contributed by atoms with van der Waals surface area (Å²) in [6.45, 7) is 1.48. The predicted octanol–water partition coefficient (Wildman–Crippen LogP) is 2.37. The van der Waals surface area contributed by atoms with Crippen LogP contribution in [0.2, 0.25) is 0 Å². The van der Waals surface area contributed by atoms with Gasteiger partial charge in [-0.15, -0.1) is 0 Å². The molecule has 2 heteroatoms. The lowest BCUT2D eigenvalue weighted by Gasteiger charge is -2.03. The molecule has 0 radical (unpaired) electrons. The van der Waals surface area contributed by atoms with E-state index in [0.29, 0.717) is 6.42 Å². The van der Waals surface area contributed by atoms with Crippen LogP contribution in [-0.4, -0.2) is 11.2 Å². The molecule has 0 bridgehead atoms. The van der Waals surface area contributed by atoms with Crippen molar-refractivity contribution in [3.05, 3.63) is 34.3 Å². The Labute approximate surface area is 76.6 Å². The van der Waals surface area contributed by atoms with Crippen LogP contribution in [0.3, 0.4) is 0 Å². The number of aliphatic hydroxyl groups is 1. The van der Waals surface area contributed by atoms with Crippen LogP contribution < -0.4 is 0 Å². The van der Waals surface area contributed by atoms with Crippen molar-refractivity contribution in [2.24, 2.45) is 0 Å². The molecule has 1 aromatic rings. The monoisotopic (exact) mass is 215 g/mol. The van der Waals surface area contributed by atoms with Crippen molar-refractivity contribution in [3.8, 4) is 0 Å². The van der Waals surface area contributed by atoms with Crippen LogP contribution in [0.4, 0.5) is 0 Å². The zero-order valence-electron chi connectivity index (χ0n) is 7.34. The zero-order chi connectivity index (χ0) is 9.19. The molecule has 0 fully saturated rings. The summed E-state index contributed by atoms with van der Waals surface area (Å²) >= 11 is 3.33. The fourth-order valence-corrected chi connectivity index (χ4v) is 1.39. The Morgan fingerprint density at radius 2 is 2.45 bits per heavy atom. The highest BCUT2D eigenvalue weighted by Crippen LogP contribution is 2.12. The minimum Gasteiger partial charge on any atom is -0.393 e. The first-order chi connectivity index (χ1) is 5.47. The van der Waals surface area contributed by atoms with Crippen LogP contribution in [0.15, 0.2) is 28.7 Å². The van der Waals surface area contributed by atoms with Crippen LogP contribution in [0.5, 0.6) is 0 Å². The molecule has 0 spiro atoms. The normalized spacial score (nSPS) is 17.2. The van der Waals surface area contributed by atoms with Gasteiger partial charge in [-0.25, -0.2) is 0 Å². The summed E-state index contributed by atoms with van der Waals surface area (Å²) in [5.41, 5.74) is 0.962. The van der Waals surface area contributed by atoms with Gasteiger partial charge in [0, 0.05) is 4.47 Å². The van der Waals surface area contributed by atoms with Gasteiger partial charge in [-0.3, -0.25) is 0 Å². The molecule has 0 aliphatic heterocycles. The van der Waals surface area contributed by atoms with Crippen LogP contribution in [0.25, 0.3) is 0 Å². The molecular formula is C9H11BrO. The van der Waals surface area contributed by atoms with Gasteiger partial charge in [-0.05, 0) is 31.0 Å². The molecule has 0 aliphatic carbocycles. The second-order valence-electron chi connectivity index (χ2n) is 2.54. The predicted molar refractivity (Wildman–Crippen MR) is 49.5 cm³/mol. The van der Waals surface area contributed by atoms with Crippen LogP contribution in [0.1, 0.15) is 13.9 Å². The van der Waals surface area contributed by atoms with E-state index < -0.39 is 6.08 Å². The summed E-state index contributed by atoms with van der Waals surface area (Å²) in [6, 6.07) is 7.62. The minimum absolute atomic E-state index is 0.354. The lowest BCUT2D eigenvalue weighted by molar-refractivity contribution is 0.195. The van der Waals surface area contributed by atoms with E-state index >= 15 is 0 Å². The maximum atomic E-state index is 9.21. The molecule has 1 rings (SSSR count). The number of benzene rings is 1. The van der Waals surface area contributed by atoms with Crippen molar-refractivity contribution in [2.45, 2.75) is 19.4 Å². The van der Waals surface area contributed by atoms with Crippen molar-refractivity contribution in [1.82, 2.24) is 0 Å². The number of hydrogen-bond acceptors (Lipinski definition) is 1. The zero-order valence-corrected chi connectivity index (χ0v) is 7.93. The van der Waals surface area contributed by atoms with E-state index in [0.717, 1.165) is 10.0 Å². The molecule has 0 amide bonds. The van der Waals surface area contributed by atoms with E-state index in [9.17, 15) is 5.11 Å². The highest BCUT2D eigenvalue weighted by molar-refractivity contribution is 9.10. The Hall–Kier alpha value is -0.340. The van der Waals surface area contributed by atoms with Crippen molar-refractivity contribution < 1.29 is 6.48 Å². The average molecular weight is 216 g/mol. The molecule has 0 saturated carbocycles. The Kier molecular flexibility index (Phi) is 2.58. The first-order valence-electron chi connectivity index (χ1n) is 3.94. The van der Waals surface area contributed by atoms with Gasteiger partial charge in [-0.1, -0.05) is 28.1 Å². The van der Waals surface area contributed by atoms with E-state index in [4.69, 9.17) is 1.37 Å². The lowest BCUT2D eigenvalue weighted by atomic mass is 10.1. The minimum atomic E-state index is -1.37. The standard InChI is InChI=1S/C9H11BrO/c1-7(11)5-8-3-2-4-9(10)6-8/h2-4,6-7,11H,5H2,1H3/t7-/m1/s1/i7D. The maximum absolute atomic E-state index is 9.21. The molecular weight excluding hydrogens is 204 g/mol. The number of hydrogen-bond donors (Lipinski definition) is 1. The third-order valence-electron chi connectivity index (χ3n) is 1.35. The van der Waals surface area contributed by atoms with Gasteiger partial charge in [0.1, 0.15) is 0 Å². The molecule has 1 nitrogen and oxygen atoms in total. The first-order valence-corrected chi connectivity index (χ1v) is 4.23. The van der Waals surface area contributed by atoms with Crippen LogP contribution in [0, 0.1) is 0 Å². The fourth-order valence-electron chi connectivity index (χ4n) is 0.942. The molecule has 1 atom stereocenters. The van der Waals surface area contributed by atoms with Gasteiger partial charge in [-0.2, -0.15) is 0 Å². The van der Waals surface area contributed by atoms with Gasteiger partial charge in [0.15, 0.2) is 0 Å². The molecule has 0 unspecified atom stereocenters. The fraction of sp³-hybridized carbons (Fsp3) is 0.333. The van der Waals surface area contributed by atoms with Gasteiger partial charge in [0.05, 0.1) is 7.45 Å². The summed E-state index contributed by atoms with van der Waals surface area (Å²) in [5.74, 6) is 0. The van der Waals surface area contributed by atoms with Crippen molar-refractivity contribution in [1.29, 1.82) is 0 Å². The third-order valence-corrected chi connectivity index (χ3v) is 1.84. The summed E-state index contributed by atoms with van der Waals surface area (Å²) in [4.78, 5) is 0. The summed E-state index contributed by atoms with van der Waals surface area (Å²) < 4.78 is 8.26.